The van der Waals surface area contributed by atoms with Gasteiger partial charge in [-0.1, -0.05) is 41.9 Å². The van der Waals surface area contributed by atoms with Crippen molar-refractivity contribution in [3.63, 3.8) is 0 Å². The maximum absolute atomic E-state index is 12.0. The van der Waals surface area contributed by atoms with E-state index in [0.29, 0.717) is 13.0 Å². The van der Waals surface area contributed by atoms with Crippen molar-refractivity contribution >= 4 is 21.6 Å². The summed E-state index contributed by atoms with van der Waals surface area (Å²) in [6.45, 7) is 0.317. The molecule has 100 valence electrons. The highest BCUT2D eigenvalue weighted by atomic mass is 35.5. The number of rotatable bonds is 5. The number of pyridine rings is 1. The van der Waals surface area contributed by atoms with E-state index in [0.717, 1.165) is 5.56 Å². The smallest absolute Gasteiger partial charge is 0.243 e. The minimum Gasteiger partial charge on any atom is -0.263 e. The number of sulfonamides is 1. The van der Waals surface area contributed by atoms with E-state index < -0.39 is 10.0 Å². The minimum absolute atomic E-state index is 0.00438. The zero-order chi connectivity index (χ0) is 13.7. The summed E-state index contributed by atoms with van der Waals surface area (Å²) >= 11 is 5.85. The van der Waals surface area contributed by atoms with Crippen LogP contribution in [0.15, 0.2) is 53.7 Å². The zero-order valence-corrected chi connectivity index (χ0v) is 11.7. The first-order valence-electron chi connectivity index (χ1n) is 5.73. The first-order chi connectivity index (χ1) is 9.09. The average molecular weight is 297 g/mol. The quantitative estimate of drug-likeness (QED) is 0.920. The van der Waals surface area contributed by atoms with Crippen LogP contribution < -0.4 is 4.72 Å². The fraction of sp³-hybridized carbons (Fsp3) is 0.154. The second-order valence-electron chi connectivity index (χ2n) is 3.94. The summed E-state index contributed by atoms with van der Waals surface area (Å²) in [5.41, 5.74) is 1.07. The zero-order valence-electron chi connectivity index (χ0n) is 10.1. The molecule has 1 aromatic heterocycles. The third-order valence-corrected chi connectivity index (χ3v) is 4.50. The van der Waals surface area contributed by atoms with Crippen LogP contribution in [0.25, 0.3) is 0 Å². The van der Waals surface area contributed by atoms with Crippen LogP contribution in [-0.2, 0) is 16.4 Å². The lowest BCUT2D eigenvalue weighted by atomic mass is 10.2. The molecule has 0 spiro atoms. The molecule has 6 heteroatoms. The van der Waals surface area contributed by atoms with Gasteiger partial charge in [0.25, 0.3) is 0 Å². The van der Waals surface area contributed by atoms with Crippen molar-refractivity contribution in [2.75, 3.05) is 6.54 Å². The lowest BCUT2D eigenvalue weighted by molar-refractivity contribution is 0.581. The number of hydrogen-bond acceptors (Lipinski definition) is 3. The van der Waals surface area contributed by atoms with Gasteiger partial charge < -0.3 is 0 Å². The van der Waals surface area contributed by atoms with Gasteiger partial charge in [0.1, 0.15) is 4.90 Å². The van der Waals surface area contributed by atoms with Crippen molar-refractivity contribution < 1.29 is 8.42 Å². The van der Waals surface area contributed by atoms with Crippen molar-refractivity contribution in [3.8, 4) is 0 Å². The van der Waals surface area contributed by atoms with Gasteiger partial charge in [-0.25, -0.2) is 13.1 Å². The Morgan fingerprint density at radius 1 is 1.16 bits per heavy atom. The summed E-state index contributed by atoms with van der Waals surface area (Å²) in [7, 11) is -3.61. The molecular weight excluding hydrogens is 284 g/mol. The number of hydrogen-bond donors (Lipinski definition) is 1. The summed E-state index contributed by atoms with van der Waals surface area (Å²) in [6.07, 6.45) is 3.32. The van der Waals surface area contributed by atoms with E-state index in [1.807, 2.05) is 30.3 Å². The van der Waals surface area contributed by atoms with Crippen molar-refractivity contribution in [3.05, 3.63) is 59.4 Å². The molecule has 2 rings (SSSR count). The highest BCUT2D eigenvalue weighted by Crippen LogP contribution is 2.18. The first-order valence-corrected chi connectivity index (χ1v) is 7.59. The molecule has 1 aromatic carbocycles. The van der Waals surface area contributed by atoms with Crippen molar-refractivity contribution in [1.29, 1.82) is 0 Å². The predicted octanol–water partition coefficient (Wildman–Crippen LogP) is 2.26. The molecule has 0 saturated heterocycles. The molecule has 0 bridgehead atoms. The number of aromatic nitrogens is 1. The average Bonchev–Trinajstić information content (AvgIpc) is 2.40. The number of nitrogens with one attached hydrogen (secondary N) is 1. The Hall–Kier alpha value is -1.43. The first kappa shape index (κ1) is 14.0. The summed E-state index contributed by atoms with van der Waals surface area (Å²) in [5, 5.41) is 0.169. The van der Waals surface area contributed by atoms with Crippen molar-refractivity contribution in [1.82, 2.24) is 9.71 Å². The SMILES string of the molecule is O=S(=O)(NCCc1ccccc1)c1cnccc1Cl. The molecule has 0 unspecified atom stereocenters. The Labute approximate surface area is 117 Å². The van der Waals surface area contributed by atoms with Gasteiger partial charge in [0.05, 0.1) is 5.02 Å². The Balaban J connectivity index is 2.01. The van der Waals surface area contributed by atoms with Gasteiger partial charge >= 0.3 is 0 Å². The summed E-state index contributed by atoms with van der Waals surface area (Å²) in [6, 6.07) is 11.1. The molecular formula is C13H13ClN2O2S. The largest absolute Gasteiger partial charge is 0.263 e. The fourth-order valence-electron chi connectivity index (χ4n) is 1.61. The van der Waals surface area contributed by atoms with Gasteiger partial charge in [0.2, 0.25) is 10.0 Å². The molecule has 0 aliphatic heterocycles. The molecule has 4 nitrogen and oxygen atoms in total. The molecule has 0 fully saturated rings. The maximum Gasteiger partial charge on any atom is 0.243 e. The third kappa shape index (κ3) is 3.76. The fourth-order valence-corrected chi connectivity index (χ4v) is 3.07. The summed E-state index contributed by atoms with van der Waals surface area (Å²) in [4.78, 5) is 3.78. The second-order valence-corrected chi connectivity index (χ2v) is 6.08. The van der Waals surface area contributed by atoms with E-state index in [1.54, 1.807) is 0 Å². The Morgan fingerprint density at radius 3 is 2.58 bits per heavy atom. The summed E-state index contributed by atoms with van der Waals surface area (Å²) in [5.74, 6) is 0. The van der Waals surface area contributed by atoms with E-state index in [-0.39, 0.29) is 9.92 Å². The van der Waals surface area contributed by atoms with Crippen LogP contribution in [0.3, 0.4) is 0 Å². The van der Waals surface area contributed by atoms with Gasteiger partial charge in [-0.3, -0.25) is 4.98 Å². The molecule has 0 amide bonds. The van der Waals surface area contributed by atoms with Gasteiger partial charge in [0, 0.05) is 18.9 Å². The number of benzene rings is 1. The normalized spacial score (nSPS) is 11.4. The molecule has 0 radical (unpaired) electrons. The molecule has 19 heavy (non-hydrogen) atoms. The van der Waals surface area contributed by atoms with Crippen LogP contribution in [-0.4, -0.2) is 19.9 Å². The van der Waals surface area contributed by atoms with E-state index in [9.17, 15) is 8.42 Å². The lowest BCUT2D eigenvalue weighted by Gasteiger charge is -2.07. The molecule has 0 saturated carbocycles. The highest BCUT2D eigenvalue weighted by Gasteiger charge is 2.17. The molecule has 0 aliphatic carbocycles. The summed E-state index contributed by atoms with van der Waals surface area (Å²) < 4.78 is 26.5. The molecule has 0 aliphatic rings. The van der Waals surface area contributed by atoms with E-state index in [4.69, 9.17) is 11.6 Å². The van der Waals surface area contributed by atoms with Gasteiger partial charge in [-0.05, 0) is 18.1 Å². The molecule has 1 N–H and O–H groups in total. The van der Waals surface area contributed by atoms with E-state index in [1.165, 1.54) is 18.5 Å². The van der Waals surface area contributed by atoms with E-state index >= 15 is 0 Å². The third-order valence-electron chi connectivity index (χ3n) is 2.57. The number of nitrogens with zero attached hydrogens (tertiary/aromatic N) is 1. The van der Waals surface area contributed by atoms with Crippen molar-refractivity contribution in [2.45, 2.75) is 11.3 Å². The molecule has 2 aromatic rings. The highest BCUT2D eigenvalue weighted by molar-refractivity contribution is 7.89. The van der Waals surface area contributed by atoms with Crippen LogP contribution in [0.2, 0.25) is 5.02 Å². The second kappa shape index (κ2) is 6.14. The van der Waals surface area contributed by atoms with Gasteiger partial charge in [0.15, 0.2) is 0 Å². The van der Waals surface area contributed by atoms with E-state index in [2.05, 4.69) is 9.71 Å². The van der Waals surface area contributed by atoms with Crippen LogP contribution in [0.1, 0.15) is 5.56 Å². The van der Waals surface area contributed by atoms with Crippen LogP contribution >= 0.6 is 11.6 Å². The standard InChI is InChI=1S/C13H13ClN2O2S/c14-12-7-8-15-10-13(12)19(17,18)16-9-6-11-4-2-1-3-5-11/h1-5,7-8,10,16H,6,9H2. The Morgan fingerprint density at radius 2 is 1.89 bits per heavy atom. The number of halogens is 1. The molecule has 0 atom stereocenters. The van der Waals surface area contributed by atoms with Crippen LogP contribution in [0.5, 0.6) is 0 Å². The van der Waals surface area contributed by atoms with Crippen molar-refractivity contribution in [2.24, 2.45) is 0 Å². The van der Waals surface area contributed by atoms with Crippen LogP contribution in [0.4, 0.5) is 0 Å². The monoisotopic (exact) mass is 296 g/mol. The Kier molecular flexibility index (Phi) is 4.52. The topological polar surface area (TPSA) is 59.1 Å². The van der Waals surface area contributed by atoms with Gasteiger partial charge in [-0.2, -0.15) is 0 Å². The lowest BCUT2D eigenvalue weighted by Crippen LogP contribution is -2.26. The maximum atomic E-state index is 12.0. The van der Waals surface area contributed by atoms with Crippen LogP contribution in [0, 0.1) is 0 Å². The predicted molar refractivity (Wildman–Crippen MR) is 74.6 cm³/mol. The van der Waals surface area contributed by atoms with Gasteiger partial charge in [-0.15, -0.1) is 0 Å². The molecule has 1 heterocycles. The minimum atomic E-state index is -3.61. The Bertz CT molecular complexity index is 645.